The summed E-state index contributed by atoms with van der Waals surface area (Å²) in [7, 11) is 0. The number of aliphatic hydroxyl groups is 4. The van der Waals surface area contributed by atoms with E-state index >= 15 is 0 Å². The summed E-state index contributed by atoms with van der Waals surface area (Å²) < 4.78 is 7.76. The van der Waals surface area contributed by atoms with Crippen LogP contribution in [-0.2, 0) is 11.3 Å². The Balaban J connectivity index is 1.83. The fourth-order valence-corrected chi connectivity index (χ4v) is 4.55. The van der Waals surface area contributed by atoms with Crippen LogP contribution in [0.2, 0.25) is 10.0 Å². The Labute approximate surface area is 183 Å². The number of hydrogen-bond donors (Lipinski definition) is 4. The van der Waals surface area contributed by atoms with Crippen molar-refractivity contribution in [3.8, 4) is 0 Å². The Hall–Kier alpha value is -1.64. The highest BCUT2D eigenvalue weighted by Gasteiger charge is 2.44. The van der Waals surface area contributed by atoms with Crippen LogP contribution in [0.25, 0.3) is 10.9 Å². The lowest BCUT2D eigenvalue weighted by atomic mass is 9.91. The zero-order chi connectivity index (χ0) is 21.6. The molecule has 5 atom stereocenters. The second kappa shape index (κ2) is 8.48. The molecule has 0 unspecified atom stereocenters. The summed E-state index contributed by atoms with van der Waals surface area (Å²) in [6.07, 6.45) is -4.31. The van der Waals surface area contributed by atoms with Gasteiger partial charge in [0, 0.05) is 28.7 Å². The number of fused-ring (bicyclic) bond motifs is 1. The number of rotatable bonds is 4. The molecule has 1 aromatic heterocycles. The molecule has 1 saturated heterocycles. The molecule has 3 aromatic rings. The van der Waals surface area contributed by atoms with Crippen molar-refractivity contribution in [3.05, 3.63) is 69.3 Å². The predicted octanol–water partition coefficient (Wildman–Crippen LogP) is 2.82. The SMILES string of the molecule is Cc1cc(Cl)c2c(c1)c([C@@H]1O[C@H](CO)[C@@H](O)[C@H](O)[C@H]1O)cn2Cc1ccc(Cl)cc1. The van der Waals surface area contributed by atoms with Gasteiger partial charge < -0.3 is 29.7 Å². The summed E-state index contributed by atoms with van der Waals surface area (Å²) in [5.41, 5.74) is 3.33. The highest BCUT2D eigenvalue weighted by molar-refractivity contribution is 6.35. The number of ether oxygens (including phenoxy) is 1. The number of benzene rings is 2. The van der Waals surface area contributed by atoms with Gasteiger partial charge in [0.15, 0.2) is 0 Å². The minimum atomic E-state index is -1.45. The highest BCUT2D eigenvalue weighted by atomic mass is 35.5. The molecule has 1 fully saturated rings. The van der Waals surface area contributed by atoms with Gasteiger partial charge in [0.1, 0.15) is 30.5 Å². The summed E-state index contributed by atoms with van der Waals surface area (Å²) >= 11 is 12.6. The third kappa shape index (κ3) is 3.85. The van der Waals surface area contributed by atoms with Gasteiger partial charge in [0.2, 0.25) is 0 Å². The van der Waals surface area contributed by atoms with Crippen LogP contribution in [0, 0.1) is 6.92 Å². The van der Waals surface area contributed by atoms with Crippen molar-refractivity contribution in [2.24, 2.45) is 0 Å². The standard InChI is InChI=1S/C22H23Cl2NO5/c1-11-6-14-15(22-21(29)20(28)19(27)17(10-26)30-22)9-25(18(14)16(24)7-11)8-12-2-4-13(23)5-3-12/h2-7,9,17,19-22,26-29H,8,10H2,1H3/t17-,19-,20+,21-,22+/m1/s1. The van der Waals surface area contributed by atoms with Crippen molar-refractivity contribution < 1.29 is 25.2 Å². The van der Waals surface area contributed by atoms with Gasteiger partial charge in [-0.1, -0.05) is 35.3 Å². The van der Waals surface area contributed by atoms with E-state index in [1.165, 1.54) is 0 Å². The molecular weight excluding hydrogens is 429 g/mol. The van der Waals surface area contributed by atoms with Gasteiger partial charge in [-0.15, -0.1) is 0 Å². The first kappa shape index (κ1) is 21.6. The fraction of sp³-hybridized carbons (Fsp3) is 0.364. The van der Waals surface area contributed by atoms with Gasteiger partial charge in [-0.05, 0) is 42.3 Å². The smallest absolute Gasteiger partial charge is 0.114 e. The molecule has 2 aromatic carbocycles. The maximum Gasteiger partial charge on any atom is 0.114 e. The minimum Gasteiger partial charge on any atom is -0.394 e. The van der Waals surface area contributed by atoms with E-state index < -0.39 is 37.1 Å². The zero-order valence-electron chi connectivity index (χ0n) is 16.2. The molecule has 8 heteroatoms. The average Bonchev–Trinajstić information content (AvgIpc) is 3.06. The molecule has 1 aliphatic heterocycles. The topological polar surface area (TPSA) is 95.1 Å². The lowest BCUT2D eigenvalue weighted by Gasteiger charge is -2.40. The van der Waals surface area contributed by atoms with Crippen molar-refractivity contribution >= 4 is 34.1 Å². The molecule has 0 aliphatic carbocycles. The van der Waals surface area contributed by atoms with Crippen LogP contribution < -0.4 is 0 Å². The van der Waals surface area contributed by atoms with Crippen molar-refractivity contribution in [2.75, 3.05) is 6.61 Å². The molecule has 0 saturated carbocycles. The van der Waals surface area contributed by atoms with Crippen LogP contribution in [0.15, 0.2) is 42.6 Å². The molecule has 4 rings (SSSR count). The van der Waals surface area contributed by atoms with E-state index in [0.29, 0.717) is 22.2 Å². The van der Waals surface area contributed by atoms with Gasteiger partial charge in [-0.3, -0.25) is 0 Å². The summed E-state index contributed by atoms with van der Waals surface area (Å²) in [4.78, 5) is 0. The van der Waals surface area contributed by atoms with Crippen LogP contribution >= 0.6 is 23.2 Å². The number of hydrogen-bond acceptors (Lipinski definition) is 5. The lowest BCUT2D eigenvalue weighted by molar-refractivity contribution is -0.231. The molecule has 6 nitrogen and oxygen atoms in total. The molecule has 0 amide bonds. The Morgan fingerprint density at radius 1 is 1.00 bits per heavy atom. The second-order valence-electron chi connectivity index (χ2n) is 7.73. The first-order valence-electron chi connectivity index (χ1n) is 9.64. The molecule has 2 heterocycles. The largest absolute Gasteiger partial charge is 0.394 e. The maximum atomic E-state index is 10.6. The van der Waals surface area contributed by atoms with Gasteiger partial charge in [0.25, 0.3) is 0 Å². The summed E-state index contributed by atoms with van der Waals surface area (Å²) in [5.74, 6) is 0. The highest BCUT2D eigenvalue weighted by Crippen LogP contribution is 2.39. The molecule has 4 N–H and O–H groups in total. The first-order valence-corrected chi connectivity index (χ1v) is 10.4. The van der Waals surface area contributed by atoms with E-state index in [-0.39, 0.29) is 0 Å². The van der Waals surface area contributed by atoms with Crippen LogP contribution in [0.1, 0.15) is 22.8 Å². The quantitative estimate of drug-likeness (QED) is 0.489. The molecule has 0 spiro atoms. The van der Waals surface area contributed by atoms with Crippen LogP contribution in [0.3, 0.4) is 0 Å². The minimum absolute atomic E-state index is 0.482. The number of aryl methyl sites for hydroxylation is 1. The lowest BCUT2D eigenvalue weighted by Crippen LogP contribution is -2.55. The van der Waals surface area contributed by atoms with Crippen molar-refractivity contribution in [1.82, 2.24) is 4.57 Å². The van der Waals surface area contributed by atoms with Gasteiger partial charge in [0.05, 0.1) is 17.1 Å². The molecule has 0 bridgehead atoms. The fourth-order valence-electron chi connectivity index (χ4n) is 4.05. The van der Waals surface area contributed by atoms with Gasteiger partial charge in [-0.25, -0.2) is 0 Å². The Morgan fingerprint density at radius 3 is 2.37 bits per heavy atom. The predicted molar refractivity (Wildman–Crippen MR) is 115 cm³/mol. The van der Waals surface area contributed by atoms with Crippen molar-refractivity contribution in [1.29, 1.82) is 0 Å². The third-order valence-electron chi connectivity index (χ3n) is 5.57. The van der Waals surface area contributed by atoms with E-state index in [2.05, 4.69) is 0 Å². The molecule has 0 radical (unpaired) electrons. The van der Waals surface area contributed by atoms with Crippen molar-refractivity contribution in [2.45, 2.75) is 44.0 Å². The molecule has 30 heavy (non-hydrogen) atoms. The summed E-state index contributed by atoms with van der Waals surface area (Å²) in [6, 6.07) is 11.3. The van der Waals surface area contributed by atoms with Crippen LogP contribution in [0.5, 0.6) is 0 Å². The third-order valence-corrected chi connectivity index (χ3v) is 6.11. The second-order valence-corrected chi connectivity index (χ2v) is 8.57. The average molecular weight is 452 g/mol. The summed E-state index contributed by atoms with van der Waals surface area (Å²) in [5, 5.41) is 42.5. The van der Waals surface area contributed by atoms with E-state index in [1.807, 2.05) is 54.1 Å². The van der Waals surface area contributed by atoms with Gasteiger partial charge in [-0.2, -0.15) is 0 Å². The van der Waals surface area contributed by atoms with Crippen LogP contribution in [-0.4, -0.2) is 56.0 Å². The number of aromatic nitrogens is 1. The molecular formula is C22H23Cl2NO5. The number of halogens is 2. The van der Waals surface area contributed by atoms with E-state index in [9.17, 15) is 20.4 Å². The summed E-state index contributed by atoms with van der Waals surface area (Å²) in [6.45, 7) is 1.94. The maximum absolute atomic E-state index is 10.6. The molecule has 1 aliphatic rings. The Kier molecular flexibility index (Phi) is 6.10. The van der Waals surface area contributed by atoms with Crippen molar-refractivity contribution in [3.63, 3.8) is 0 Å². The Morgan fingerprint density at radius 2 is 1.70 bits per heavy atom. The first-order chi connectivity index (χ1) is 14.3. The number of aliphatic hydroxyl groups excluding tert-OH is 4. The van der Waals surface area contributed by atoms with Gasteiger partial charge >= 0.3 is 0 Å². The number of nitrogens with zero attached hydrogens (tertiary/aromatic N) is 1. The molecule has 160 valence electrons. The zero-order valence-corrected chi connectivity index (χ0v) is 17.8. The normalized spacial score (nSPS) is 27.0. The van der Waals surface area contributed by atoms with E-state index in [1.54, 1.807) is 0 Å². The van der Waals surface area contributed by atoms with E-state index in [0.717, 1.165) is 22.0 Å². The monoisotopic (exact) mass is 451 g/mol. The van der Waals surface area contributed by atoms with Crippen LogP contribution in [0.4, 0.5) is 0 Å². The Bertz CT molecular complexity index is 1050. The van der Waals surface area contributed by atoms with E-state index in [4.69, 9.17) is 27.9 Å².